The van der Waals surface area contributed by atoms with Gasteiger partial charge in [0.05, 0.1) is 11.5 Å². The van der Waals surface area contributed by atoms with Gasteiger partial charge >= 0.3 is 0 Å². The molecule has 1 saturated heterocycles. The minimum atomic E-state index is -3.42. The molecule has 21 heavy (non-hydrogen) atoms. The smallest absolute Gasteiger partial charge is 0.240 e. The summed E-state index contributed by atoms with van der Waals surface area (Å²) in [6.45, 7) is 5.02. The van der Waals surface area contributed by atoms with Crippen LogP contribution < -0.4 is 14.8 Å². The Balaban J connectivity index is 1.85. The number of ether oxygens (including phenoxy) is 1. The van der Waals surface area contributed by atoms with E-state index < -0.39 is 10.0 Å². The maximum absolute atomic E-state index is 12.2. The average molecular weight is 312 g/mol. The zero-order chi connectivity index (χ0) is 15.1. The maximum Gasteiger partial charge on any atom is 0.240 e. The summed E-state index contributed by atoms with van der Waals surface area (Å²) in [5.74, 6) is 1.26. The van der Waals surface area contributed by atoms with Crippen LogP contribution in [0, 0.1) is 5.92 Å². The van der Waals surface area contributed by atoms with E-state index in [9.17, 15) is 8.42 Å². The molecule has 118 valence electrons. The fourth-order valence-electron chi connectivity index (χ4n) is 2.53. The second-order valence-electron chi connectivity index (χ2n) is 5.30. The van der Waals surface area contributed by atoms with Gasteiger partial charge in [0.2, 0.25) is 10.0 Å². The largest absolute Gasteiger partial charge is 0.494 e. The van der Waals surface area contributed by atoms with Gasteiger partial charge in [0.1, 0.15) is 5.75 Å². The Morgan fingerprint density at radius 2 is 2.10 bits per heavy atom. The highest BCUT2D eigenvalue weighted by molar-refractivity contribution is 7.89. The first-order valence-corrected chi connectivity index (χ1v) is 9.03. The van der Waals surface area contributed by atoms with E-state index in [-0.39, 0.29) is 4.90 Å². The number of sulfonamides is 1. The molecule has 0 spiro atoms. The molecule has 1 aromatic rings. The van der Waals surface area contributed by atoms with Gasteiger partial charge < -0.3 is 10.1 Å². The zero-order valence-electron chi connectivity index (χ0n) is 12.5. The predicted molar refractivity (Wildman–Crippen MR) is 83.0 cm³/mol. The molecule has 6 heteroatoms. The quantitative estimate of drug-likeness (QED) is 0.805. The molecule has 0 aromatic heterocycles. The van der Waals surface area contributed by atoms with E-state index in [4.69, 9.17) is 4.74 Å². The molecule has 0 bridgehead atoms. The van der Waals surface area contributed by atoms with Crippen LogP contribution in [0.1, 0.15) is 26.2 Å². The van der Waals surface area contributed by atoms with E-state index in [1.54, 1.807) is 24.3 Å². The first kappa shape index (κ1) is 16.3. The molecule has 1 aliphatic heterocycles. The van der Waals surface area contributed by atoms with Crippen LogP contribution in [0.5, 0.6) is 5.75 Å². The van der Waals surface area contributed by atoms with Crippen molar-refractivity contribution in [3.05, 3.63) is 24.3 Å². The van der Waals surface area contributed by atoms with Crippen LogP contribution in [-0.4, -0.2) is 34.7 Å². The second kappa shape index (κ2) is 7.77. The molecule has 5 nitrogen and oxygen atoms in total. The first-order chi connectivity index (χ1) is 10.1. The van der Waals surface area contributed by atoms with Gasteiger partial charge in [-0.1, -0.05) is 0 Å². The molecular weight excluding hydrogens is 288 g/mol. The van der Waals surface area contributed by atoms with Crippen LogP contribution in [0.4, 0.5) is 0 Å². The Morgan fingerprint density at radius 3 is 2.71 bits per heavy atom. The van der Waals surface area contributed by atoms with Crippen molar-refractivity contribution in [2.24, 2.45) is 5.92 Å². The van der Waals surface area contributed by atoms with Crippen LogP contribution >= 0.6 is 0 Å². The van der Waals surface area contributed by atoms with Crippen LogP contribution in [0.15, 0.2) is 29.2 Å². The highest BCUT2D eigenvalue weighted by atomic mass is 32.2. The lowest BCUT2D eigenvalue weighted by molar-refractivity contribution is 0.340. The van der Waals surface area contributed by atoms with Crippen molar-refractivity contribution in [3.63, 3.8) is 0 Å². The van der Waals surface area contributed by atoms with Gasteiger partial charge in [0.15, 0.2) is 0 Å². The number of piperidine rings is 1. The van der Waals surface area contributed by atoms with Crippen molar-refractivity contribution in [1.29, 1.82) is 0 Å². The zero-order valence-corrected chi connectivity index (χ0v) is 13.3. The molecule has 1 atom stereocenters. The standard InChI is InChI=1S/C15H24N2O3S/c1-2-20-14-5-7-15(8-6-14)21(18,19)17-11-9-13-4-3-10-16-12-13/h5-8,13,16-17H,2-4,9-12H2,1H3. The van der Waals surface area contributed by atoms with Crippen molar-refractivity contribution < 1.29 is 13.2 Å². The highest BCUT2D eigenvalue weighted by Crippen LogP contribution is 2.17. The van der Waals surface area contributed by atoms with Gasteiger partial charge in [-0.05, 0) is 69.5 Å². The molecule has 0 amide bonds. The fraction of sp³-hybridized carbons (Fsp3) is 0.600. The Bertz CT molecular complexity index is 522. The topological polar surface area (TPSA) is 67.4 Å². The second-order valence-corrected chi connectivity index (χ2v) is 7.07. The third-order valence-electron chi connectivity index (χ3n) is 3.69. The van der Waals surface area contributed by atoms with Gasteiger partial charge in [0.25, 0.3) is 0 Å². The summed E-state index contributed by atoms with van der Waals surface area (Å²) in [7, 11) is -3.42. The van der Waals surface area contributed by atoms with E-state index in [0.29, 0.717) is 24.8 Å². The average Bonchev–Trinajstić information content (AvgIpc) is 2.49. The first-order valence-electron chi connectivity index (χ1n) is 7.55. The lowest BCUT2D eigenvalue weighted by Gasteiger charge is -2.22. The summed E-state index contributed by atoms with van der Waals surface area (Å²) in [4.78, 5) is 0.285. The maximum atomic E-state index is 12.2. The van der Waals surface area contributed by atoms with Crippen molar-refractivity contribution >= 4 is 10.0 Å². The van der Waals surface area contributed by atoms with E-state index in [2.05, 4.69) is 10.0 Å². The summed E-state index contributed by atoms with van der Waals surface area (Å²) < 4.78 is 32.3. The molecule has 1 heterocycles. The molecule has 1 unspecified atom stereocenters. The third kappa shape index (κ3) is 4.98. The molecule has 0 radical (unpaired) electrons. The Hall–Kier alpha value is -1.11. The number of hydrogen-bond donors (Lipinski definition) is 2. The monoisotopic (exact) mass is 312 g/mol. The summed E-state index contributed by atoms with van der Waals surface area (Å²) in [5, 5.41) is 3.34. The van der Waals surface area contributed by atoms with Gasteiger partial charge in [-0.25, -0.2) is 13.1 Å². The summed E-state index contributed by atoms with van der Waals surface area (Å²) in [5.41, 5.74) is 0. The van der Waals surface area contributed by atoms with Crippen molar-refractivity contribution in [1.82, 2.24) is 10.0 Å². The fourth-order valence-corrected chi connectivity index (χ4v) is 3.58. The number of nitrogens with one attached hydrogen (secondary N) is 2. The van der Waals surface area contributed by atoms with Gasteiger partial charge in [0, 0.05) is 6.54 Å². The minimum absolute atomic E-state index is 0.285. The van der Waals surface area contributed by atoms with E-state index in [0.717, 1.165) is 19.5 Å². The molecule has 1 fully saturated rings. The SMILES string of the molecule is CCOc1ccc(S(=O)(=O)NCCC2CCCNC2)cc1. The number of hydrogen-bond acceptors (Lipinski definition) is 4. The number of rotatable bonds is 7. The van der Waals surface area contributed by atoms with E-state index in [1.165, 1.54) is 12.8 Å². The van der Waals surface area contributed by atoms with E-state index >= 15 is 0 Å². The Kier molecular flexibility index (Phi) is 6.02. The highest BCUT2D eigenvalue weighted by Gasteiger charge is 2.16. The van der Waals surface area contributed by atoms with E-state index in [1.807, 2.05) is 6.92 Å². The lowest BCUT2D eigenvalue weighted by atomic mass is 9.96. The van der Waals surface area contributed by atoms with Crippen LogP contribution in [0.2, 0.25) is 0 Å². The number of benzene rings is 1. The van der Waals surface area contributed by atoms with Gasteiger partial charge in [-0.15, -0.1) is 0 Å². The molecule has 1 aromatic carbocycles. The summed E-state index contributed by atoms with van der Waals surface area (Å²) >= 11 is 0. The molecule has 0 saturated carbocycles. The van der Waals surface area contributed by atoms with Crippen molar-refractivity contribution in [3.8, 4) is 5.75 Å². The molecule has 2 N–H and O–H groups in total. The van der Waals surface area contributed by atoms with Gasteiger partial charge in [-0.2, -0.15) is 0 Å². The third-order valence-corrected chi connectivity index (χ3v) is 5.17. The molecule has 1 aliphatic rings. The minimum Gasteiger partial charge on any atom is -0.494 e. The molecular formula is C15H24N2O3S. The Morgan fingerprint density at radius 1 is 1.33 bits per heavy atom. The Labute approximate surface area is 127 Å². The van der Waals surface area contributed by atoms with Crippen molar-refractivity contribution in [2.45, 2.75) is 31.1 Å². The van der Waals surface area contributed by atoms with Crippen molar-refractivity contribution in [2.75, 3.05) is 26.2 Å². The predicted octanol–water partition coefficient (Wildman–Crippen LogP) is 1.75. The van der Waals surface area contributed by atoms with Crippen LogP contribution in [-0.2, 0) is 10.0 Å². The summed E-state index contributed by atoms with van der Waals surface area (Å²) in [6.07, 6.45) is 3.23. The van der Waals surface area contributed by atoms with Crippen LogP contribution in [0.25, 0.3) is 0 Å². The normalized spacial score (nSPS) is 19.4. The van der Waals surface area contributed by atoms with Gasteiger partial charge in [-0.3, -0.25) is 0 Å². The molecule has 2 rings (SSSR count). The van der Waals surface area contributed by atoms with Crippen LogP contribution in [0.3, 0.4) is 0 Å². The lowest BCUT2D eigenvalue weighted by Crippen LogP contribution is -2.33. The summed E-state index contributed by atoms with van der Waals surface area (Å²) in [6, 6.07) is 6.53. The molecule has 0 aliphatic carbocycles.